The Kier molecular flexibility index (Phi) is 27.9. The maximum atomic E-state index is 14.4. The second-order valence-corrected chi connectivity index (χ2v) is 21.9. The van der Waals surface area contributed by atoms with Crippen LogP contribution in [-0.4, -0.2) is 166 Å². The zero-order chi connectivity index (χ0) is 58.4. The molecule has 0 aromatic carbocycles. The fraction of sp³-hybridized carbons (Fsp3) is 0.760. The molecule has 26 nitrogen and oxygen atoms in total. The van der Waals surface area contributed by atoms with Gasteiger partial charge < -0.3 is 73.4 Å². The Morgan fingerprint density at radius 1 is 0.618 bits per heavy atom. The number of hydrogen-bond donors (Lipinski definition) is 12. The molecular formula is C50H87N11O15. The summed E-state index contributed by atoms with van der Waals surface area (Å²) in [5, 5.41) is 41.8. The Hall–Kier alpha value is -6.60. The van der Waals surface area contributed by atoms with Gasteiger partial charge >= 0.3 is 18.0 Å². The Morgan fingerprint density at radius 3 is 1.64 bits per heavy atom. The van der Waals surface area contributed by atoms with Gasteiger partial charge in [-0.2, -0.15) is 0 Å². The normalized spacial score (nSPS) is 16.4. The van der Waals surface area contributed by atoms with Gasteiger partial charge in [0.25, 0.3) is 0 Å². The number of carboxylic acid groups (broad SMARTS) is 2. The number of alkyl carbamates (subject to hydrolysis) is 1. The van der Waals surface area contributed by atoms with Crippen molar-refractivity contribution in [3.05, 3.63) is 0 Å². The van der Waals surface area contributed by atoms with Crippen LogP contribution in [0, 0.1) is 17.8 Å². The Bertz CT molecular complexity index is 2060. The fourth-order valence-corrected chi connectivity index (χ4v) is 7.96. The van der Waals surface area contributed by atoms with E-state index in [9.17, 15) is 67.7 Å². The average molecular weight is 1080 g/mol. The maximum Gasteiger partial charge on any atom is 0.408 e. The zero-order valence-electron chi connectivity index (χ0n) is 46.6. The minimum absolute atomic E-state index is 0.0177. The third-order valence-corrected chi connectivity index (χ3v) is 12.0. The molecule has 10 amide bonds. The predicted octanol–water partition coefficient (Wildman–Crippen LogP) is -0.343. The largest absolute Gasteiger partial charge is 0.481 e. The van der Waals surface area contributed by atoms with Crippen LogP contribution in [0.15, 0.2) is 0 Å². The van der Waals surface area contributed by atoms with Crippen molar-refractivity contribution >= 4 is 71.2 Å². The first-order chi connectivity index (χ1) is 35.1. The summed E-state index contributed by atoms with van der Waals surface area (Å²) in [5.41, 5.74) is 3.05. The lowest BCUT2D eigenvalue weighted by molar-refractivity contribution is -0.145. The Labute approximate surface area is 445 Å². The van der Waals surface area contributed by atoms with Crippen LogP contribution in [0.5, 0.6) is 0 Å². The molecular weight excluding hydrogens is 995 g/mol. The third kappa shape index (κ3) is 23.9. The van der Waals surface area contributed by atoms with Gasteiger partial charge in [0.15, 0.2) is 0 Å². The van der Waals surface area contributed by atoms with Crippen LogP contribution in [0.25, 0.3) is 0 Å². The SMILES string of the molecule is CNC(=O)[C@H](CC(C)C)NC(=O)[C@H](CC(C)C)NC(=O)[C@@H](CC(=O)O)NC(=O)[C@@H]1CCCN1C(=O)[C@@H](NC(=O)[C@H](CCCCN)NC(=O)C(C)(C)NC(=O)[C@H](C)NC(=O)[C@@H](CCC(=O)O)NC(=O)OC(C)(C)C)C(C)C. The van der Waals surface area contributed by atoms with Gasteiger partial charge in [-0.05, 0) is 117 Å². The average Bonchev–Trinajstić information content (AvgIpc) is 3.79. The molecule has 13 N–H and O–H groups in total. The monoisotopic (exact) mass is 1080 g/mol. The van der Waals surface area contributed by atoms with Crippen molar-refractivity contribution in [3.8, 4) is 0 Å². The summed E-state index contributed by atoms with van der Waals surface area (Å²) in [7, 11) is 1.42. The molecule has 0 aromatic rings. The molecule has 0 radical (unpaired) electrons. The molecule has 1 heterocycles. The standard InChI is InChI=1S/C50H87N11O15/c1-26(2)23-32(40(67)52-13)54-43(70)33(24-27(3)4)55-44(71)34(25-37(64)65)56-45(72)35-18-16-22-61(35)46(73)38(28(5)6)59-42(69)30(17-14-15-21-51)57-47(74)50(11,12)60-39(66)29(7)53-41(68)31(19-20-36(62)63)58-48(75)76-49(8,9)10/h26-35,38H,14-25,51H2,1-13H3,(H,52,67)(H,53,68)(H,54,70)(H,55,71)(H,56,72)(H,57,74)(H,58,75)(H,59,69)(H,60,66)(H,62,63)(H,64,65)/t29-,30-,31+,32-,33-,34+,35-,38-/m0/s1. The Morgan fingerprint density at radius 2 is 1.14 bits per heavy atom. The van der Waals surface area contributed by atoms with Gasteiger partial charge in [0.1, 0.15) is 59.5 Å². The lowest BCUT2D eigenvalue weighted by atomic mass is 9.99. The van der Waals surface area contributed by atoms with Crippen molar-refractivity contribution in [3.63, 3.8) is 0 Å². The lowest BCUT2D eigenvalue weighted by Gasteiger charge is -2.33. The van der Waals surface area contributed by atoms with Gasteiger partial charge in [-0.1, -0.05) is 41.5 Å². The van der Waals surface area contributed by atoms with Gasteiger partial charge in [-0.3, -0.25) is 52.7 Å². The highest BCUT2D eigenvalue weighted by atomic mass is 16.6. The van der Waals surface area contributed by atoms with E-state index in [0.29, 0.717) is 25.7 Å². The number of nitrogens with one attached hydrogen (secondary N) is 9. The van der Waals surface area contributed by atoms with Crippen LogP contribution in [0.1, 0.15) is 147 Å². The van der Waals surface area contributed by atoms with Crippen molar-refractivity contribution in [2.24, 2.45) is 23.5 Å². The van der Waals surface area contributed by atoms with Crippen molar-refractivity contribution in [1.82, 2.24) is 52.8 Å². The molecule has 0 saturated carbocycles. The molecule has 8 atom stereocenters. The molecule has 0 unspecified atom stereocenters. The molecule has 0 bridgehead atoms. The maximum absolute atomic E-state index is 14.4. The molecule has 76 heavy (non-hydrogen) atoms. The summed E-state index contributed by atoms with van der Waals surface area (Å²) >= 11 is 0. The number of carboxylic acids is 2. The summed E-state index contributed by atoms with van der Waals surface area (Å²) in [4.78, 5) is 160. The number of amides is 10. The van der Waals surface area contributed by atoms with Crippen LogP contribution in [0.4, 0.5) is 4.79 Å². The number of carbonyl (C=O) groups excluding carboxylic acids is 10. The minimum Gasteiger partial charge on any atom is -0.481 e. The Balaban J connectivity index is 3.30. The minimum atomic E-state index is -1.73. The molecule has 1 aliphatic heterocycles. The highest BCUT2D eigenvalue weighted by molar-refractivity contribution is 6.00. The van der Waals surface area contributed by atoms with E-state index in [2.05, 4.69) is 47.9 Å². The van der Waals surface area contributed by atoms with E-state index in [4.69, 9.17) is 10.5 Å². The van der Waals surface area contributed by atoms with Crippen LogP contribution >= 0.6 is 0 Å². The van der Waals surface area contributed by atoms with Gasteiger partial charge in [0, 0.05) is 20.0 Å². The highest BCUT2D eigenvalue weighted by Crippen LogP contribution is 2.22. The molecule has 1 aliphatic rings. The zero-order valence-corrected chi connectivity index (χ0v) is 46.6. The number of likely N-dealkylation sites (tertiary alicyclic amines) is 1. The topological polar surface area (TPSA) is 392 Å². The molecule has 0 spiro atoms. The number of hydrogen-bond acceptors (Lipinski definition) is 14. The molecule has 1 rings (SSSR count). The predicted molar refractivity (Wildman–Crippen MR) is 277 cm³/mol. The van der Waals surface area contributed by atoms with E-state index < -0.39 is 149 Å². The number of ether oxygens (including phenoxy) is 1. The lowest BCUT2D eigenvalue weighted by Crippen LogP contribution is -2.63. The smallest absolute Gasteiger partial charge is 0.408 e. The van der Waals surface area contributed by atoms with Crippen LogP contribution in [0.2, 0.25) is 0 Å². The molecule has 0 aliphatic carbocycles. The van der Waals surface area contributed by atoms with Crippen molar-refractivity contribution < 1.29 is 72.5 Å². The first-order valence-electron chi connectivity index (χ1n) is 25.9. The summed E-state index contributed by atoms with van der Waals surface area (Å²) in [6, 6.07) is -10.3. The summed E-state index contributed by atoms with van der Waals surface area (Å²) < 4.78 is 5.19. The van der Waals surface area contributed by atoms with Crippen molar-refractivity contribution in [2.45, 2.75) is 207 Å². The summed E-state index contributed by atoms with van der Waals surface area (Å²) in [5.74, 6) is -10.4. The second kappa shape index (κ2) is 31.4. The quantitative estimate of drug-likeness (QED) is 0.0395. The van der Waals surface area contributed by atoms with Gasteiger partial charge in [0.05, 0.1) is 6.42 Å². The number of aliphatic carboxylic acids is 2. The number of rotatable bonds is 31. The molecule has 1 saturated heterocycles. The molecule has 1 fully saturated rings. The van der Waals surface area contributed by atoms with E-state index in [-0.39, 0.29) is 50.6 Å². The van der Waals surface area contributed by atoms with E-state index in [1.165, 1.54) is 32.7 Å². The summed E-state index contributed by atoms with van der Waals surface area (Å²) in [6.45, 7) is 19.7. The first kappa shape index (κ1) is 67.4. The van der Waals surface area contributed by atoms with Crippen LogP contribution in [-0.2, 0) is 57.5 Å². The van der Waals surface area contributed by atoms with E-state index in [1.807, 2.05) is 13.8 Å². The number of nitrogens with zero attached hydrogens (tertiary/aromatic N) is 1. The first-order valence-corrected chi connectivity index (χ1v) is 25.9. The number of carbonyl (C=O) groups is 12. The number of likely N-dealkylation sites (N-methyl/N-ethyl adjacent to an activating group) is 1. The van der Waals surface area contributed by atoms with E-state index in [0.717, 1.165) is 0 Å². The van der Waals surface area contributed by atoms with E-state index in [1.54, 1.807) is 48.5 Å². The van der Waals surface area contributed by atoms with Crippen molar-refractivity contribution in [1.29, 1.82) is 0 Å². The third-order valence-electron chi connectivity index (χ3n) is 12.0. The van der Waals surface area contributed by atoms with Crippen LogP contribution in [0.3, 0.4) is 0 Å². The van der Waals surface area contributed by atoms with Gasteiger partial charge in [-0.25, -0.2) is 4.79 Å². The van der Waals surface area contributed by atoms with Crippen LogP contribution < -0.4 is 53.6 Å². The molecule has 0 aromatic heterocycles. The van der Waals surface area contributed by atoms with Gasteiger partial charge in [-0.15, -0.1) is 0 Å². The highest BCUT2D eigenvalue weighted by Gasteiger charge is 2.42. The van der Waals surface area contributed by atoms with Gasteiger partial charge in [0.2, 0.25) is 53.2 Å². The van der Waals surface area contributed by atoms with E-state index >= 15 is 0 Å². The molecule has 432 valence electrons. The van der Waals surface area contributed by atoms with Crippen molar-refractivity contribution in [2.75, 3.05) is 20.1 Å². The molecule has 26 heteroatoms. The fourth-order valence-electron chi connectivity index (χ4n) is 7.96. The summed E-state index contributed by atoms with van der Waals surface area (Å²) in [6.07, 6.45) is -1.04. The number of nitrogens with two attached hydrogens (primary N) is 1. The second-order valence-electron chi connectivity index (χ2n) is 21.9. The number of unbranched alkanes of at least 4 members (excludes halogenated alkanes) is 1.